The van der Waals surface area contributed by atoms with Crippen LogP contribution in [0.25, 0.3) is 0 Å². The maximum Gasteiger partial charge on any atom is 0.407 e. The first-order valence-corrected chi connectivity index (χ1v) is 11.1. The third-order valence-electron chi connectivity index (χ3n) is 4.94. The molecule has 1 amide bonds. The topological polar surface area (TPSA) is 107 Å². The quantitative estimate of drug-likeness (QED) is 0.626. The van der Waals surface area contributed by atoms with Crippen LogP contribution in [0.1, 0.15) is 73.7 Å². The predicted octanol–water partition coefficient (Wildman–Crippen LogP) is 3.96. The predicted molar refractivity (Wildman–Crippen MR) is 110 cm³/mol. The van der Waals surface area contributed by atoms with Gasteiger partial charge in [-0.15, -0.1) is 0 Å². The Hall–Kier alpha value is -1.80. The fraction of sp³-hybridized carbons (Fsp3) is 0.650. The largest absolute Gasteiger partial charge is 0.465 e. The number of amides is 1. The molecule has 1 aromatic rings. The molecule has 0 heterocycles. The van der Waals surface area contributed by atoms with Gasteiger partial charge < -0.3 is 15.1 Å². The summed E-state index contributed by atoms with van der Waals surface area (Å²) in [7, 11) is -3.58. The molecule has 0 saturated heterocycles. The van der Waals surface area contributed by atoms with Crippen molar-refractivity contribution in [1.29, 1.82) is 0 Å². The molecule has 7 nitrogen and oxygen atoms in total. The van der Waals surface area contributed by atoms with E-state index in [1.165, 1.54) is 18.2 Å². The number of nitrogens with one attached hydrogen (secondary N) is 1. The smallest absolute Gasteiger partial charge is 0.407 e. The average molecular weight is 415 g/mol. The first-order chi connectivity index (χ1) is 13.7. The average Bonchev–Trinajstić information content (AvgIpc) is 2.65. The molecule has 1 fully saturated rings. The number of hydrogen-bond donors (Lipinski definition) is 3. The Morgan fingerprint density at radius 2 is 1.96 bits per heavy atom. The van der Waals surface area contributed by atoms with Crippen molar-refractivity contribution in [3.8, 4) is 0 Å². The molecule has 8 heteroatoms. The van der Waals surface area contributed by atoms with Crippen molar-refractivity contribution in [2.24, 2.45) is 0 Å². The summed E-state index contributed by atoms with van der Waals surface area (Å²) in [5.74, 6) is 0. The van der Waals surface area contributed by atoms with Crippen LogP contribution in [0.15, 0.2) is 24.3 Å². The van der Waals surface area contributed by atoms with Gasteiger partial charge >= 0.3 is 6.09 Å². The van der Waals surface area contributed by atoms with Gasteiger partial charge in [-0.25, -0.2) is 13.2 Å². The van der Waals surface area contributed by atoms with Gasteiger partial charge in [0, 0.05) is 20.5 Å². The molecule has 1 saturated carbocycles. The van der Waals surface area contributed by atoms with Gasteiger partial charge in [-0.1, -0.05) is 31.4 Å². The number of aliphatic hydroxyl groups is 1. The summed E-state index contributed by atoms with van der Waals surface area (Å²) in [6.07, 6.45) is -1.21. The van der Waals surface area contributed by atoms with E-state index in [0.29, 0.717) is 12.8 Å². The Balaban J connectivity index is 2.20. The second-order valence-corrected chi connectivity index (χ2v) is 10.1. The summed E-state index contributed by atoms with van der Waals surface area (Å²) >= 11 is 0. The van der Waals surface area contributed by atoms with Crippen molar-refractivity contribution < 1.29 is 26.2 Å². The highest BCUT2D eigenvalue weighted by Crippen LogP contribution is 2.27. The van der Waals surface area contributed by atoms with Gasteiger partial charge in [0.25, 0.3) is 0 Å². The molecule has 1 aliphatic carbocycles. The number of aliphatic hydroxyl groups excluding tert-OH is 1. The van der Waals surface area contributed by atoms with Crippen LogP contribution in [-0.4, -0.2) is 47.0 Å². The standard InChI is InChI=1S/C20H32N2O5S/c1-20(2,3)22(19(24)25)13-12-18(23)15-8-7-9-16(14-15)21-28(26,27)17-10-5-4-6-11-17/h7-9,14,17-18,21,23H,4-6,10-13H2,1-3H3,(H,24,25)/i12D2. The van der Waals surface area contributed by atoms with E-state index in [4.69, 9.17) is 2.74 Å². The minimum Gasteiger partial charge on any atom is -0.465 e. The molecule has 1 unspecified atom stereocenters. The summed E-state index contributed by atoms with van der Waals surface area (Å²) in [4.78, 5) is 12.5. The number of benzene rings is 1. The number of rotatable bonds is 7. The van der Waals surface area contributed by atoms with Gasteiger partial charge in [-0.2, -0.15) is 0 Å². The van der Waals surface area contributed by atoms with E-state index in [1.807, 2.05) is 0 Å². The highest BCUT2D eigenvalue weighted by atomic mass is 32.2. The molecule has 3 N–H and O–H groups in total. The highest BCUT2D eigenvalue weighted by Gasteiger charge is 2.28. The van der Waals surface area contributed by atoms with Crippen LogP contribution in [0.4, 0.5) is 10.5 Å². The second kappa shape index (κ2) is 9.13. The molecule has 158 valence electrons. The molecule has 1 aromatic carbocycles. The minimum atomic E-state index is -3.58. The third kappa shape index (κ3) is 6.10. The van der Waals surface area contributed by atoms with Gasteiger partial charge in [0.05, 0.1) is 11.4 Å². The molecule has 28 heavy (non-hydrogen) atoms. The van der Waals surface area contributed by atoms with E-state index in [2.05, 4.69) is 4.72 Å². The molecular formula is C20H32N2O5S. The van der Waals surface area contributed by atoms with Crippen LogP contribution in [0.2, 0.25) is 0 Å². The summed E-state index contributed by atoms with van der Waals surface area (Å²) in [6, 6.07) is 5.96. The number of hydrogen-bond acceptors (Lipinski definition) is 4. The Bertz CT molecular complexity index is 849. The van der Waals surface area contributed by atoms with Gasteiger partial charge in [-0.05, 0) is 57.7 Å². The summed E-state index contributed by atoms with van der Waals surface area (Å²) in [5, 5.41) is 19.6. The lowest BCUT2D eigenvalue weighted by atomic mass is 10.0. The van der Waals surface area contributed by atoms with Crippen molar-refractivity contribution in [1.82, 2.24) is 4.90 Å². The Morgan fingerprint density at radius 3 is 2.54 bits per heavy atom. The summed E-state index contributed by atoms with van der Waals surface area (Å²) in [5.41, 5.74) is -0.432. The maximum atomic E-state index is 12.6. The third-order valence-corrected chi connectivity index (χ3v) is 6.81. The second-order valence-electron chi connectivity index (χ2n) is 8.18. The van der Waals surface area contributed by atoms with Crippen LogP contribution >= 0.6 is 0 Å². The molecule has 0 aliphatic heterocycles. The molecule has 1 atom stereocenters. The SMILES string of the molecule is [2H]C([2H])(CN(C(=O)O)C(C)(C)C)C(O)c1cccc(NS(=O)(=O)C2CCCCC2)c1. The number of nitrogens with zero attached hydrogens (tertiary/aromatic N) is 1. The van der Waals surface area contributed by atoms with Crippen LogP contribution in [0.5, 0.6) is 0 Å². The van der Waals surface area contributed by atoms with Crippen LogP contribution < -0.4 is 4.72 Å². The van der Waals surface area contributed by atoms with Gasteiger partial charge in [0.2, 0.25) is 10.0 Å². The van der Waals surface area contributed by atoms with Gasteiger partial charge in [-0.3, -0.25) is 4.72 Å². The van der Waals surface area contributed by atoms with Crippen molar-refractivity contribution in [2.75, 3.05) is 11.3 Å². The molecule has 0 aromatic heterocycles. The van der Waals surface area contributed by atoms with Crippen molar-refractivity contribution in [3.63, 3.8) is 0 Å². The van der Waals surface area contributed by atoms with E-state index in [-0.39, 0.29) is 11.3 Å². The van der Waals surface area contributed by atoms with E-state index in [9.17, 15) is 23.4 Å². The normalized spacial score (nSPS) is 18.7. The fourth-order valence-electron chi connectivity index (χ4n) is 3.28. The lowest BCUT2D eigenvalue weighted by Crippen LogP contribution is -2.45. The zero-order valence-corrected chi connectivity index (χ0v) is 17.5. The van der Waals surface area contributed by atoms with Gasteiger partial charge in [0.15, 0.2) is 0 Å². The van der Waals surface area contributed by atoms with Crippen LogP contribution in [0.3, 0.4) is 0 Å². The molecule has 2 rings (SSSR count). The first kappa shape index (κ1) is 19.5. The van der Waals surface area contributed by atoms with Crippen molar-refractivity contribution in [3.05, 3.63) is 29.8 Å². The Labute approximate surface area is 170 Å². The van der Waals surface area contributed by atoms with Crippen LogP contribution in [-0.2, 0) is 10.0 Å². The minimum absolute atomic E-state index is 0.170. The van der Waals surface area contributed by atoms with Crippen molar-refractivity contribution in [2.45, 2.75) is 76.1 Å². The Morgan fingerprint density at radius 1 is 1.32 bits per heavy atom. The monoisotopic (exact) mass is 414 g/mol. The van der Waals surface area contributed by atoms with Crippen LogP contribution in [0, 0.1) is 0 Å². The van der Waals surface area contributed by atoms with Gasteiger partial charge in [0.1, 0.15) is 0 Å². The van der Waals surface area contributed by atoms with E-state index in [0.717, 1.165) is 24.2 Å². The number of sulfonamides is 1. The molecular weight excluding hydrogens is 380 g/mol. The zero-order chi connectivity index (χ0) is 22.7. The van der Waals surface area contributed by atoms with Crippen molar-refractivity contribution >= 4 is 21.8 Å². The molecule has 1 aliphatic rings. The number of carbonyl (C=O) groups is 1. The lowest BCUT2D eigenvalue weighted by Gasteiger charge is -2.33. The lowest BCUT2D eigenvalue weighted by molar-refractivity contribution is 0.0821. The van der Waals surface area contributed by atoms with E-state index in [1.54, 1.807) is 26.8 Å². The number of carboxylic acid groups (broad SMARTS) is 1. The van der Waals surface area contributed by atoms with E-state index >= 15 is 0 Å². The highest BCUT2D eigenvalue weighted by molar-refractivity contribution is 7.93. The molecule has 0 radical (unpaired) electrons. The zero-order valence-electron chi connectivity index (χ0n) is 18.7. The fourth-order valence-corrected chi connectivity index (χ4v) is 4.86. The first-order valence-electron chi connectivity index (χ1n) is 10.5. The molecule has 0 bridgehead atoms. The number of anilines is 1. The summed E-state index contributed by atoms with van der Waals surface area (Å²) in [6.45, 7) is 4.39. The molecule has 0 spiro atoms. The Kier molecular flexibility index (Phi) is 6.36. The maximum absolute atomic E-state index is 12.6. The summed E-state index contributed by atoms with van der Waals surface area (Å²) < 4.78 is 44.4. The van der Waals surface area contributed by atoms with E-state index < -0.39 is 45.9 Å².